The van der Waals surface area contributed by atoms with E-state index in [-0.39, 0.29) is 42.0 Å². The lowest BCUT2D eigenvalue weighted by atomic mass is 9.80. The molecule has 2 aromatic carbocycles. The number of benzene rings is 2. The summed E-state index contributed by atoms with van der Waals surface area (Å²) in [5.74, 6) is -1.02. The van der Waals surface area contributed by atoms with E-state index in [0.29, 0.717) is 16.6 Å². The van der Waals surface area contributed by atoms with Gasteiger partial charge in [0.25, 0.3) is 5.91 Å². The number of aromatic nitrogens is 2. The van der Waals surface area contributed by atoms with Gasteiger partial charge in [0.1, 0.15) is 23.9 Å². The summed E-state index contributed by atoms with van der Waals surface area (Å²) in [5, 5.41) is 4.57. The summed E-state index contributed by atoms with van der Waals surface area (Å²) >= 11 is 0. The second kappa shape index (κ2) is 9.17. The summed E-state index contributed by atoms with van der Waals surface area (Å²) in [7, 11) is 1.35. The van der Waals surface area contributed by atoms with E-state index in [0.717, 1.165) is 47.8 Å². The Kier molecular flexibility index (Phi) is 6.05. The molecule has 0 spiro atoms. The molecule has 0 saturated heterocycles. The number of rotatable bonds is 5. The monoisotopic (exact) mass is 479 g/mol. The van der Waals surface area contributed by atoms with E-state index in [4.69, 9.17) is 4.74 Å². The van der Waals surface area contributed by atoms with Crippen molar-refractivity contribution in [2.75, 3.05) is 7.11 Å². The largest absolute Gasteiger partial charge is 0.468 e. The SMILES string of the molecule is COC(=O)Cn1c(C)c(C2CCC(NC(=O)c3cc4cc(F)ccc4[nH]3)CC2)c2cc(F)ccc21. The highest BCUT2D eigenvalue weighted by Crippen LogP contribution is 2.40. The summed E-state index contributed by atoms with van der Waals surface area (Å²) < 4.78 is 34.4. The van der Waals surface area contributed by atoms with Gasteiger partial charge in [0.05, 0.1) is 7.11 Å². The molecule has 182 valence electrons. The maximum Gasteiger partial charge on any atom is 0.325 e. The predicted octanol–water partition coefficient (Wildman–Crippen LogP) is 5.34. The molecule has 8 heteroatoms. The minimum absolute atomic E-state index is 0.0161. The van der Waals surface area contributed by atoms with Gasteiger partial charge in [-0.05, 0) is 86.6 Å². The summed E-state index contributed by atoms with van der Waals surface area (Å²) in [6.07, 6.45) is 3.22. The molecule has 1 aliphatic carbocycles. The van der Waals surface area contributed by atoms with E-state index < -0.39 is 0 Å². The lowest BCUT2D eigenvalue weighted by molar-refractivity contribution is -0.141. The number of carbonyl (C=O) groups is 2. The van der Waals surface area contributed by atoms with Crippen LogP contribution in [-0.2, 0) is 16.1 Å². The third-order valence-corrected chi connectivity index (χ3v) is 7.15. The van der Waals surface area contributed by atoms with E-state index in [2.05, 4.69) is 10.3 Å². The van der Waals surface area contributed by atoms with Crippen LogP contribution in [0.3, 0.4) is 0 Å². The summed E-state index contributed by atoms with van der Waals surface area (Å²) in [6.45, 7) is 2.03. The smallest absolute Gasteiger partial charge is 0.325 e. The highest BCUT2D eigenvalue weighted by Gasteiger charge is 2.29. The predicted molar refractivity (Wildman–Crippen MR) is 129 cm³/mol. The third kappa shape index (κ3) is 4.40. The Balaban J connectivity index is 1.32. The van der Waals surface area contributed by atoms with Gasteiger partial charge in [-0.15, -0.1) is 0 Å². The van der Waals surface area contributed by atoms with Crippen molar-refractivity contribution in [3.05, 3.63) is 71.1 Å². The number of ether oxygens (including phenoxy) is 1. The fourth-order valence-electron chi connectivity index (χ4n) is 5.41. The first-order valence-electron chi connectivity index (χ1n) is 11.8. The van der Waals surface area contributed by atoms with Gasteiger partial charge in [-0.3, -0.25) is 9.59 Å². The Morgan fingerprint density at radius 3 is 2.51 bits per heavy atom. The number of H-pyrrole nitrogens is 1. The number of aromatic amines is 1. The highest BCUT2D eigenvalue weighted by molar-refractivity contribution is 5.98. The van der Waals surface area contributed by atoms with Crippen LogP contribution in [0.2, 0.25) is 0 Å². The molecule has 2 N–H and O–H groups in total. The van der Waals surface area contributed by atoms with Crippen LogP contribution >= 0.6 is 0 Å². The summed E-state index contributed by atoms with van der Waals surface area (Å²) in [5.41, 5.74) is 3.94. The number of hydrogen-bond acceptors (Lipinski definition) is 3. The zero-order chi connectivity index (χ0) is 24.7. The number of nitrogens with one attached hydrogen (secondary N) is 2. The molecule has 5 rings (SSSR count). The molecule has 0 aliphatic heterocycles. The number of esters is 1. The van der Waals surface area contributed by atoms with Crippen molar-refractivity contribution in [2.24, 2.45) is 0 Å². The molecule has 1 aliphatic rings. The van der Waals surface area contributed by atoms with Gasteiger partial charge in [0, 0.05) is 33.5 Å². The van der Waals surface area contributed by atoms with Crippen LogP contribution in [0.5, 0.6) is 0 Å². The molecule has 2 heterocycles. The Hall–Kier alpha value is -3.68. The zero-order valence-electron chi connectivity index (χ0n) is 19.7. The van der Waals surface area contributed by atoms with Gasteiger partial charge in [0.15, 0.2) is 0 Å². The number of halogens is 2. The molecule has 0 unspecified atom stereocenters. The molecule has 35 heavy (non-hydrogen) atoms. The standard InChI is InChI=1S/C27H27F2N3O3/c1-15-26(21-13-19(29)6-10-24(21)32(15)14-25(33)35-2)16-3-7-20(8-4-16)30-27(34)23-12-17-11-18(28)5-9-22(17)31-23/h5-6,9-13,16,20,31H,3-4,7-8,14H2,1-2H3,(H,30,34). The molecule has 4 aromatic rings. The van der Waals surface area contributed by atoms with Gasteiger partial charge < -0.3 is 19.6 Å². The van der Waals surface area contributed by atoms with E-state index in [1.807, 2.05) is 11.5 Å². The van der Waals surface area contributed by atoms with E-state index in [9.17, 15) is 18.4 Å². The lowest BCUT2D eigenvalue weighted by Crippen LogP contribution is -2.37. The van der Waals surface area contributed by atoms with Crippen molar-refractivity contribution in [1.29, 1.82) is 0 Å². The maximum atomic E-state index is 14.1. The first-order valence-corrected chi connectivity index (χ1v) is 11.8. The Bertz CT molecular complexity index is 1430. The van der Waals surface area contributed by atoms with Gasteiger partial charge in [-0.25, -0.2) is 8.78 Å². The molecule has 1 saturated carbocycles. The van der Waals surface area contributed by atoms with Crippen LogP contribution < -0.4 is 5.32 Å². The van der Waals surface area contributed by atoms with Crippen LogP contribution in [0.15, 0.2) is 42.5 Å². The molecule has 0 atom stereocenters. The fourth-order valence-corrected chi connectivity index (χ4v) is 5.41. The minimum atomic E-state index is -0.355. The van der Waals surface area contributed by atoms with Gasteiger partial charge in [-0.2, -0.15) is 0 Å². The van der Waals surface area contributed by atoms with Gasteiger partial charge in [-0.1, -0.05) is 0 Å². The second-order valence-electron chi connectivity index (χ2n) is 9.26. The van der Waals surface area contributed by atoms with Gasteiger partial charge in [0.2, 0.25) is 0 Å². The second-order valence-corrected chi connectivity index (χ2v) is 9.26. The first kappa shape index (κ1) is 23.1. The van der Waals surface area contributed by atoms with E-state index in [1.165, 1.54) is 31.4 Å². The van der Waals surface area contributed by atoms with Crippen molar-refractivity contribution in [2.45, 2.75) is 51.1 Å². The van der Waals surface area contributed by atoms with E-state index >= 15 is 0 Å². The minimum Gasteiger partial charge on any atom is -0.468 e. The Labute approximate surface area is 201 Å². The van der Waals surface area contributed by atoms with Crippen LogP contribution in [-0.4, -0.2) is 34.6 Å². The first-order chi connectivity index (χ1) is 16.8. The molecule has 0 radical (unpaired) electrons. The number of fused-ring (bicyclic) bond motifs is 2. The normalized spacial score (nSPS) is 18.2. The number of hydrogen-bond donors (Lipinski definition) is 2. The fraction of sp³-hybridized carbons (Fsp3) is 0.333. The van der Waals surface area contributed by atoms with Crippen molar-refractivity contribution < 1.29 is 23.1 Å². The molecular weight excluding hydrogens is 452 g/mol. The number of methoxy groups -OCH3 is 1. The zero-order valence-corrected chi connectivity index (χ0v) is 19.7. The Morgan fingerprint density at radius 2 is 1.77 bits per heavy atom. The highest BCUT2D eigenvalue weighted by atomic mass is 19.1. The average Bonchev–Trinajstić information content (AvgIpc) is 3.38. The molecular formula is C27H27F2N3O3. The lowest BCUT2D eigenvalue weighted by Gasteiger charge is -2.29. The van der Waals surface area contributed by atoms with Crippen molar-refractivity contribution in [3.63, 3.8) is 0 Å². The van der Waals surface area contributed by atoms with Crippen molar-refractivity contribution in [1.82, 2.24) is 14.9 Å². The molecule has 1 amide bonds. The average molecular weight is 480 g/mol. The topological polar surface area (TPSA) is 76.1 Å². The molecule has 6 nitrogen and oxygen atoms in total. The quantitative estimate of drug-likeness (QED) is 0.380. The summed E-state index contributed by atoms with van der Waals surface area (Å²) in [4.78, 5) is 27.8. The van der Waals surface area contributed by atoms with Crippen LogP contribution in [0.4, 0.5) is 8.78 Å². The molecule has 0 bridgehead atoms. The van der Waals surface area contributed by atoms with Crippen molar-refractivity contribution >= 4 is 33.7 Å². The van der Waals surface area contributed by atoms with Crippen LogP contribution in [0.1, 0.15) is 53.3 Å². The van der Waals surface area contributed by atoms with Crippen LogP contribution in [0, 0.1) is 18.6 Å². The number of amides is 1. The van der Waals surface area contributed by atoms with Crippen LogP contribution in [0.25, 0.3) is 21.8 Å². The summed E-state index contributed by atoms with van der Waals surface area (Å²) in [6, 6.07) is 10.7. The number of carbonyl (C=O) groups excluding carboxylic acids is 2. The Morgan fingerprint density at radius 1 is 1.06 bits per heavy atom. The van der Waals surface area contributed by atoms with E-state index in [1.54, 1.807) is 18.2 Å². The molecule has 2 aromatic heterocycles. The van der Waals surface area contributed by atoms with Crippen molar-refractivity contribution in [3.8, 4) is 0 Å². The number of nitrogens with zero attached hydrogens (tertiary/aromatic N) is 1. The maximum absolute atomic E-state index is 14.1. The van der Waals surface area contributed by atoms with Gasteiger partial charge >= 0.3 is 5.97 Å². The molecule has 1 fully saturated rings. The third-order valence-electron chi connectivity index (χ3n) is 7.15.